The van der Waals surface area contributed by atoms with Crippen LogP contribution in [0.5, 0.6) is 0 Å². The van der Waals surface area contributed by atoms with Crippen LogP contribution in [-0.4, -0.2) is 16.7 Å². The van der Waals surface area contributed by atoms with E-state index in [0.29, 0.717) is 16.8 Å². The average Bonchev–Trinajstić information content (AvgIpc) is 2.68. The number of benzene rings is 2. The van der Waals surface area contributed by atoms with Gasteiger partial charge < -0.3 is 5.73 Å². The minimum absolute atomic E-state index is 0.210. The molecule has 0 fully saturated rings. The number of nitrogen functional groups attached to an aromatic ring is 1. The van der Waals surface area contributed by atoms with Crippen LogP contribution >= 0.6 is 31.9 Å². The SMILES string of the molecule is Nc1cc(CN2C(=O)c3ccc(Br)cc3C2=O)ccc1Br. The summed E-state index contributed by atoms with van der Waals surface area (Å²) in [6, 6.07) is 10.5. The number of rotatable bonds is 2. The number of hydrogen-bond acceptors (Lipinski definition) is 3. The lowest BCUT2D eigenvalue weighted by atomic mass is 10.1. The van der Waals surface area contributed by atoms with Crippen molar-refractivity contribution in [1.82, 2.24) is 4.90 Å². The average molecular weight is 410 g/mol. The summed E-state index contributed by atoms with van der Waals surface area (Å²) in [6.45, 7) is 0.210. The van der Waals surface area contributed by atoms with Crippen molar-refractivity contribution in [2.24, 2.45) is 0 Å². The Labute approximate surface area is 138 Å². The van der Waals surface area contributed by atoms with Gasteiger partial charge in [0, 0.05) is 14.6 Å². The number of amides is 2. The molecule has 2 aromatic carbocycles. The summed E-state index contributed by atoms with van der Waals surface area (Å²) in [5.41, 5.74) is 8.08. The summed E-state index contributed by atoms with van der Waals surface area (Å²) < 4.78 is 1.56. The number of hydrogen-bond donors (Lipinski definition) is 1. The lowest BCUT2D eigenvalue weighted by Gasteiger charge is -2.14. The van der Waals surface area contributed by atoms with E-state index in [4.69, 9.17) is 5.73 Å². The minimum Gasteiger partial charge on any atom is -0.398 e. The number of anilines is 1. The lowest BCUT2D eigenvalue weighted by molar-refractivity contribution is 0.0642. The maximum Gasteiger partial charge on any atom is 0.261 e. The van der Waals surface area contributed by atoms with Gasteiger partial charge in [0.25, 0.3) is 11.8 Å². The number of carbonyl (C=O) groups is 2. The second-order valence-electron chi connectivity index (χ2n) is 4.74. The molecule has 3 rings (SSSR count). The van der Waals surface area contributed by atoms with Crippen LogP contribution in [0.3, 0.4) is 0 Å². The molecule has 0 aromatic heterocycles. The van der Waals surface area contributed by atoms with Crippen molar-refractivity contribution in [2.45, 2.75) is 6.54 Å². The molecule has 0 aliphatic carbocycles. The van der Waals surface area contributed by atoms with Gasteiger partial charge in [-0.1, -0.05) is 22.0 Å². The van der Waals surface area contributed by atoms with Crippen molar-refractivity contribution < 1.29 is 9.59 Å². The molecule has 0 radical (unpaired) electrons. The second kappa shape index (κ2) is 5.27. The fourth-order valence-electron chi connectivity index (χ4n) is 2.28. The molecular weight excluding hydrogens is 400 g/mol. The fraction of sp³-hybridized carbons (Fsp3) is 0.0667. The van der Waals surface area contributed by atoms with Gasteiger partial charge >= 0.3 is 0 Å². The van der Waals surface area contributed by atoms with Gasteiger partial charge in [-0.25, -0.2) is 0 Å². The number of nitrogens with zero attached hydrogens (tertiary/aromatic N) is 1. The highest BCUT2D eigenvalue weighted by Gasteiger charge is 2.35. The Bertz CT molecular complexity index is 774. The number of carbonyl (C=O) groups excluding carboxylic acids is 2. The zero-order chi connectivity index (χ0) is 15.1. The predicted molar refractivity (Wildman–Crippen MR) is 86.9 cm³/mol. The van der Waals surface area contributed by atoms with E-state index < -0.39 is 0 Å². The van der Waals surface area contributed by atoms with Gasteiger partial charge in [-0.15, -0.1) is 0 Å². The molecule has 0 unspecified atom stereocenters. The van der Waals surface area contributed by atoms with E-state index in [-0.39, 0.29) is 18.4 Å². The van der Waals surface area contributed by atoms with Crippen LogP contribution in [0.1, 0.15) is 26.3 Å². The van der Waals surface area contributed by atoms with Crippen LogP contribution in [0.4, 0.5) is 5.69 Å². The Balaban J connectivity index is 1.93. The Morgan fingerprint density at radius 3 is 2.38 bits per heavy atom. The molecule has 1 aliphatic heterocycles. The highest BCUT2D eigenvalue weighted by molar-refractivity contribution is 9.10. The molecule has 1 aliphatic rings. The van der Waals surface area contributed by atoms with E-state index in [2.05, 4.69) is 31.9 Å². The van der Waals surface area contributed by atoms with Gasteiger partial charge in [-0.2, -0.15) is 0 Å². The van der Waals surface area contributed by atoms with E-state index in [9.17, 15) is 9.59 Å². The van der Waals surface area contributed by atoms with Crippen molar-refractivity contribution in [1.29, 1.82) is 0 Å². The standard InChI is InChI=1S/C15H10Br2N2O2/c16-9-2-3-10-11(6-9)15(21)19(14(10)20)7-8-1-4-12(17)13(18)5-8/h1-6H,7,18H2. The number of halogens is 2. The Kier molecular flexibility index (Phi) is 3.59. The molecule has 0 saturated carbocycles. The van der Waals surface area contributed by atoms with Crippen molar-refractivity contribution in [3.05, 3.63) is 62.0 Å². The molecule has 0 bridgehead atoms. The second-order valence-corrected chi connectivity index (χ2v) is 6.51. The third-order valence-corrected chi connectivity index (χ3v) is 4.55. The van der Waals surface area contributed by atoms with Crippen LogP contribution in [0, 0.1) is 0 Å². The summed E-state index contributed by atoms with van der Waals surface area (Å²) in [4.78, 5) is 25.9. The van der Waals surface area contributed by atoms with E-state index in [1.54, 1.807) is 30.3 Å². The summed E-state index contributed by atoms with van der Waals surface area (Å²) in [6.07, 6.45) is 0. The third-order valence-electron chi connectivity index (χ3n) is 3.33. The number of imide groups is 1. The Morgan fingerprint density at radius 2 is 1.67 bits per heavy atom. The molecule has 4 nitrogen and oxygen atoms in total. The molecule has 0 saturated heterocycles. The Hall–Kier alpha value is -1.66. The van der Waals surface area contributed by atoms with Gasteiger partial charge in [0.2, 0.25) is 0 Å². The first-order valence-corrected chi connectivity index (χ1v) is 7.75. The van der Waals surface area contributed by atoms with Crippen LogP contribution in [0.2, 0.25) is 0 Å². The number of nitrogens with two attached hydrogens (primary N) is 1. The molecule has 6 heteroatoms. The smallest absolute Gasteiger partial charge is 0.261 e. The first kappa shape index (κ1) is 14.3. The molecule has 0 atom stereocenters. The zero-order valence-electron chi connectivity index (χ0n) is 10.8. The van der Waals surface area contributed by atoms with Crippen molar-refractivity contribution in [3.8, 4) is 0 Å². The molecule has 106 valence electrons. The highest BCUT2D eigenvalue weighted by Crippen LogP contribution is 2.28. The maximum absolute atomic E-state index is 12.4. The highest BCUT2D eigenvalue weighted by atomic mass is 79.9. The van der Waals surface area contributed by atoms with Gasteiger partial charge in [-0.05, 0) is 51.8 Å². The fourth-order valence-corrected chi connectivity index (χ4v) is 2.89. The maximum atomic E-state index is 12.4. The lowest BCUT2D eigenvalue weighted by Crippen LogP contribution is -2.29. The first-order chi connectivity index (χ1) is 9.97. The van der Waals surface area contributed by atoms with Crippen LogP contribution in [-0.2, 0) is 6.54 Å². The number of fused-ring (bicyclic) bond motifs is 1. The molecular formula is C15H10Br2N2O2. The molecule has 2 amide bonds. The molecule has 1 heterocycles. The largest absolute Gasteiger partial charge is 0.398 e. The van der Waals surface area contributed by atoms with Crippen LogP contribution in [0.15, 0.2) is 45.3 Å². The summed E-state index contributed by atoms with van der Waals surface area (Å²) >= 11 is 6.63. The quantitative estimate of drug-likeness (QED) is 0.608. The van der Waals surface area contributed by atoms with E-state index in [1.165, 1.54) is 4.90 Å². The first-order valence-electron chi connectivity index (χ1n) is 6.17. The van der Waals surface area contributed by atoms with Crippen LogP contribution < -0.4 is 5.73 Å². The van der Waals surface area contributed by atoms with Crippen molar-refractivity contribution in [3.63, 3.8) is 0 Å². The minimum atomic E-state index is -0.280. The predicted octanol–water partition coefficient (Wildman–Crippen LogP) is 3.59. The van der Waals surface area contributed by atoms with Crippen LogP contribution in [0.25, 0.3) is 0 Å². The van der Waals surface area contributed by atoms with Gasteiger partial charge in [0.05, 0.1) is 17.7 Å². The summed E-state index contributed by atoms with van der Waals surface area (Å²) in [7, 11) is 0. The summed E-state index contributed by atoms with van der Waals surface area (Å²) in [5, 5.41) is 0. The molecule has 21 heavy (non-hydrogen) atoms. The van der Waals surface area contributed by atoms with E-state index in [1.807, 2.05) is 6.07 Å². The molecule has 0 spiro atoms. The summed E-state index contributed by atoms with van der Waals surface area (Å²) in [5.74, 6) is -0.554. The van der Waals surface area contributed by atoms with E-state index in [0.717, 1.165) is 14.5 Å². The van der Waals surface area contributed by atoms with Gasteiger partial charge in [-0.3, -0.25) is 14.5 Å². The molecule has 2 aromatic rings. The monoisotopic (exact) mass is 408 g/mol. The van der Waals surface area contributed by atoms with E-state index >= 15 is 0 Å². The Morgan fingerprint density at radius 1 is 0.952 bits per heavy atom. The zero-order valence-corrected chi connectivity index (χ0v) is 13.9. The van der Waals surface area contributed by atoms with Gasteiger partial charge in [0.15, 0.2) is 0 Å². The third kappa shape index (κ3) is 2.49. The van der Waals surface area contributed by atoms with Crippen molar-refractivity contribution in [2.75, 3.05) is 5.73 Å². The topological polar surface area (TPSA) is 63.4 Å². The molecule has 2 N–H and O–H groups in total. The normalized spacial score (nSPS) is 13.7. The van der Waals surface area contributed by atoms with Crippen molar-refractivity contribution >= 4 is 49.4 Å². The van der Waals surface area contributed by atoms with Gasteiger partial charge in [0.1, 0.15) is 0 Å².